The summed E-state index contributed by atoms with van der Waals surface area (Å²) in [6.45, 7) is 4.21. The van der Waals surface area contributed by atoms with Crippen LogP contribution >= 0.6 is 0 Å². The molecule has 0 aliphatic carbocycles. The first kappa shape index (κ1) is 14.3. The Morgan fingerprint density at radius 1 is 1.50 bits per heavy atom. The van der Waals surface area contributed by atoms with Gasteiger partial charge in [0.25, 0.3) is 0 Å². The Labute approximate surface area is 117 Å². The first-order valence-corrected chi connectivity index (χ1v) is 6.55. The lowest BCUT2D eigenvalue weighted by molar-refractivity contribution is -0.384. The summed E-state index contributed by atoms with van der Waals surface area (Å²) in [5.74, 6) is 0. The van der Waals surface area contributed by atoms with E-state index >= 15 is 0 Å². The van der Waals surface area contributed by atoms with Crippen LogP contribution in [0, 0.1) is 26.9 Å². The summed E-state index contributed by atoms with van der Waals surface area (Å²) in [7, 11) is 0. The summed E-state index contributed by atoms with van der Waals surface area (Å²) in [4.78, 5) is 10.6. The number of nitrogens with one attached hydrogen (secondary N) is 1. The monoisotopic (exact) mass is 275 g/mol. The summed E-state index contributed by atoms with van der Waals surface area (Å²) in [6.07, 6.45) is 1.84. The number of para-hydroxylation sites is 1. The van der Waals surface area contributed by atoms with E-state index in [0.29, 0.717) is 12.2 Å². The highest BCUT2D eigenvalue weighted by molar-refractivity contribution is 5.68. The van der Waals surface area contributed by atoms with Crippen molar-refractivity contribution in [2.24, 2.45) is 5.41 Å². The van der Waals surface area contributed by atoms with Crippen molar-refractivity contribution in [2.45, 2.75) is 19.8 Å². The van der Waals surface area contributed by atoms with Gasteiger partial charge in [-0.15, -0.1) is 0 Å². The number of nitrogens with zero attached hydrogens (tertiary/aromatic N) is 2. The average molecular weight is 275 g/mol. The van der Waals surface area contributed by atoms with Gasteiger partial charge >= 0.3 is 5.69 Å². The van der Waals surface area contributed by atoms with Gasteiger partial charge in [-0.25, -0.2) is 0 Å². The molecule has 20 heavy (non-hydrogen) atoms. The van der Waals surface area contributed by atoms with E-state index in [-0.39, 0.29) is 16.7 Å². The number of nitro benzene ring substituents is 1. The van der Waals surface area contributed by atoms with Crippen LogP contribution in [0.25, 0.3) is 0 Å². The standard InChI is InChI=1S/C14H17N3O3/c1-14(5-7-20-8-6-14)10-16-12-4-2-3-11(9-15)13(12)17(18)19/h2-4,16H,5-8,10H2,1H3. The molecule has 0 amide bonds. The molecule has 1 saturated heterocycles. The number of nitriles is 1. The predicted octanol–water partition coefficient (Wildman–Crippen LogP) is 2.70. The number of rotatable bonds is 4. The maximum absolute atomic E-state index is 11.1. The quantitative estimate of drug-likeness (QED) is 0.674. The van der Waals surface area contributed by atoms with Crippen LogP contribution in [-0.4, -0.2) is 24.7 Å². The number of benzene rings is 1. The third-order valence-corrected chi connectivity index (χ3v) is 3.74. The molecule has 0 aromatic heterocycles. The predicted molar refractivity (Wildman–Crippen MR) is 74.5 cm³/mol. The zero-order valence-corrected chi connectivity index (χ0v) is 11.4. The van der Waals surface area contributed by atoms with Gasteiger partial charge < -0.3 is 10.1 Å². The van der Waals surface area contributed by atoms with Crippen LogP contribution in [0.2, 0.25) is 0 Å². The molecule has 1 N–H and O–H groups in total. The second kappa shape index (κ2) is 5.88. The Kier molecular flexibility index (Phi) is 4.20. The molecule has 2 rings (SSSR count). The van der Waals surface area contributed by atoms with Crippen molar-refractivity contribution in [3.8, 4) is 6.07 Å². The first-order chi connectivity index (χ1) is 9.56. The molecule has 1 aromatic carbocycles. The number of anilines is 1. The molecule has 6 nitrogen and oxygen atoms in total. The molecule has 0 radical (unpaired) electrons. The van der Waals surface area contributed by atoms with Gasteiger partial charge in [0.05, 0.1) is 4.92 Å². The minimum absolute atomic E-state index is 0.0643. The Morgan fingerprint density at radius 3 is 2.80 bits per heavy atom. The third kappa shape index (κ3) is 3.06. The maximum atomic E-state index is 11.1. The van der Waals surface area contributed by atoms with E-state index in [1.165, 1.54) is 6.07 Å². The van der Waals surface area contributed by atoms with Gasteiger partial charge in [0.15, 0.2) is 0 Å². The second-order valence-corrected chi connectivity index (χ2v) is 5.35. The van der Waals surface area contributed by atoms with Crippen LogP contribution in [0.5, 0.6) is 0 Å². The number of ether oxygens (including phenoxy) is 1. The Balaban J connectivity index is 2.17. The first-order valence-electron chi connectivity index (χ1n) is 6.55. The van der Waals surface area contributed by atoms with E-state index in [4.69, 9.17) is 10.00 Å². The van der Waals surface area contributed by atoms with Crippen molar-refractivity contribution < 1.29 is 9.66 Å². The van der Waals surface area contributed by atoms with Crippen LogP contribution < -0.4 is 5.32 Å². The van der Waals surface area contributed by atoms with Crippen molar-refractivity contribution >= 4 is 11.4 Å². The summed E-state index contributed by atoms with van der Waals surface area (Å²) in [5.41, 5.74) is 0.402. The molecule has 1 aromatic rings. The fourth-order valence-corrected chi connectivity index (χ4v) is 2.32. The van der Waals surface area contributed by atoms with Gasteiger partial charge in [0.1, 0.15) is 17.3 Å². The third-order valence-electron chi connectivity index (χ3n) is 3.74. The van der Waals surface area contributed by atoms with E-state index in [9.17, 15) is 10.1 Å². The Bertz CT molecular complexity index is 545. The molecule has 1 aliphatic rings. The van der Waals surface area contributed by atoms with Crippen LogP contribution in [-0.2, 0) is 4.74 Å². The van der Waals surface area contributed by atoms with Crippen LogP contribution in [0.4, 0.5) is 11.4 Å². The molecular weight excluding hydrogens is 258 g/mol. The summed E-state index contributed by atoms with van der Waals surface area (Å²) in [6, 6.07) is 6.61. The van der Waals surface area contributed by atoms with Crippen LogP contribution in [0.1, 0.15) is 25.3 Å². The molecule has 0 saturated carbocycles. The fraction of sp³-hybridized carbons (Fsp3) is 0.500. The van der Waals surface area contributed by atoms with E-state index in [1.54, 1.807) is 12.1 Å². The number of hydrogen-bond donors (Lipinski definition) is 1. The maximum Gasteiger partial charge on any atom is 0.309 e. The topological polar surface area (TPSA) is 88.2 Å². The van der Waals surface area contributed by atoms with E-state index in [0.717, 1.165) is 26.1 Å². The average Bonchev–Trinajstić information content (AvgIpc) is 2.45. The lowest BCUT2D eigenvalue weighted by Gasteiger charge is -2.33. The van der Waals surface area contributed by atoms with Gasteiger partial charge in [-0.1, -0.05) is 13.0 Å². The van der Waals surface area contributed by atoms with Gasteiger partial charge in [-0.2, -0.15) is 5.26 Å². The molecule has 1 fully saturated rings. The van der Waals surface area contributed by atoms with E-state index < -0.39 is 4.92 Å². The SMILES string of the molecule is CC1(CNc2cccc(C#N)c2[N+](=O)[O-])CCOCC1. The van der Waals surface area contributed by atoms with Crippen LogP contribution in [0.3, 0.4) is 0 Å². The molecule has 0 atom stereocenters. The van der Waals surface area contributed by atoms with Gasteiger partial charge in [-0.05, 0) is 30.4 Å². The fourth-order valence-electron chi connectivity index (χ4n) is 2.32. The molecule has 1 heterocycles. The summed E-state index contributed by atoms with van der Waals surface area (Å²) < 4.78 is 5.34. The van der Waals surface area contributed by atoms with E-state index in [1.807, 2.05) is 6.07 Å². The van der Waals surface area contributed by atoms with Crippen molar-refractivity contribution in [2.75, 3.05) is 25.1 Å². The molecule has 106 valence electrons. The molecule has 6 heteroatoms. The minimum Gasteiger partial charge on any atom is -0.381 e. The lowest BCUT2D eigenvalue weighted by atomic mass is 9.82. The largest absolute Gasteiger partial charge is 0.381 e. The molecular formula is C14H17N3O3. The molecule has 1 aliphatic heterocycles. The van der Waals surface area contributed by atoms with Crippen molar-refractivity contribution in [3.63, 3.8) is 0 Å². The molecule has 0 bridgehead atoms. The highest BCUT2D eigenvalue weighted by Crippen LogP contribution is 2.33. The lowest BCUT2D eigenvalue weighted by Crippen LogP contribution is -2.33. The van der Waals surface area contributed by atoms with Crippen molar-refractivity contribution in [3.05, 3.63) is 33.9 Å². The van der Waals surface area contributed by atoms with Crippen molar-refractivity contribution in [1.82, 2.24) is 0 Å². The normalized spacial score (nSPS) is 17.2. The summed E-state index contributed by atoms with van der Waals surface area (Å²) in [5, 5.41) is 23.2. The van der Waals surface area contributed by atoms with Gasteiger partial charge in [0, 0.05) is 19.8 Å². The minimum atomic E-state index is -0.507. The van der Waals surface area contributed by atoms with Crippen LogP contribution in [0.15, 0.2) is 18.2 Å². The smallest absolute Gasteiger partial charge is 0.309 e. The zero-order valence-electron chi connectivity index (χ0n) is 11.4. The highest BCUT2D eigenvalue weighted by atomic mass is 16.6. The van der Waals surface area contributed by atoms with E-state index in [2.05, 4.69) is 12.2 Å². The Hall–Kier alpha value is -2.13. The van der Waals surface area contributed by atoms with Crippen molar-refractivity contribution in [1.29, 1.82) is 5.26 Å². The Morgan fingerprint density at radius 2 is 2.20 bits per heavy atom. The highest BCUT2D eigenvalue weighted by Gasteiger charge is 2.28. The van der Waals surface area contributed by atoms with Gasteiger partial charge in [-0.3, -0.25) is 10.1 Å². The number of hydrogen-bond acceptors (Lipinski definition) is 5. The van der Waals surface area contributed by atoms with Gasteiger partial charge in [0.2, 0.25) is 0 Å². The number of nitro groups is 1. The zero-order chi connectivity index (χ0) is 14.6. The second-order valence-electron chi connectivity index (χ2n) is 5.35. The molecule has 0 unspecified atom stereocenters. The molecule has 0 spiro atoms. The summed E-state index contributed by atoms with van der Waals surface area (Å²) >= 11 is 0.